The number of phenolic OH excluding ortho intramolecular Hbond substituents is 1. The smallest absolute Gasteiger partial charge is 0.235 e. The monoisotopic (exact) mass is 258 g/mol. The van der Waals surface area contributed by atoms with Crippen molar-refractivity contribution in [1.29, 1.82) is 5.26 Å². The van der Waals surface area contributed by atoms with Crippen molar-refractivity contribution in [3.8, 4) is 17.6 Å². The van der Waals surface area contributed by atoms with E-state index in [2.05, 4.69) is 4.99 Å². The van der Waals surface area contributed by atoms with Gasteiger partial charge in [-0.3, -0.25) is 0 Å². The van der Waals surface area contributed by atoms with Crippen molar-refractivity contribution >= 4 is 6.08 Å². The lowest BCUT2D eigenvalue weighted by Gasteiger charge is -2.24. The standard InChI is InChI=1S/C14H14N2O3/c1-19-13-7-12(18)11(6-10(13)8-15)14(16-9-17)4-2-3-5-14/h6-7,18H,2-5H2,1H3. The molecular weight excluding hydrogens is 244 g/mol. The van der Waals surface area contributed by atoms with Crippen LogP contribution in [0.4, 0.5) is 0 Å². The van der Waals surface area contributed by atoms with E-state index in [0.717, 1.165) is 12.8 Å². The number of ether oxygens (including phenoxy) is 1. The average molecular weight is 258 g/mol. The number of carbonyl (C=O) groups excluding carboxylic acids is 1. The molecule has 2 rings (SSSR count). The molecule has 1 fully saturated rings. The molecule has 0 radical (unpaired) electrons. The molecule has 1 aromatic rings. The first-order valence-corrected chi connectivity index (χ1v) is 6.07. The van der Waals surface area contributed by atoms with Crippen LogP contribution >= 0.6 is 0 Å². The highest BCUT2D eigenvalue weighted by Crippen LogP contribution is 2.46. The van der Waals surface area contributed by atoms with Gasteiger partial charge in [-0.1, -0.05) is 12.8 Å². The normalized spacial score (nSPS) is 16.4. The lowest BCUT2D eigenvalue weighted by molar-refractivity contribution is 0.390. The first-order valence-electron chi connectivity index (χ1n) is 6.07. The molecule has 1 aliphatic rings. The molecule has 0 bridgehead atoms. The first kappa shape index (κ1) is 13.1. The second-order valence-corrected chi connectivity index (χ2v) is 4.62. The predicted molar refractivity (Wildman–Crippen MR) is 67.6 cm³/mol. The van der Waals surface area contributed by atoms with Gasteiger partial charge in [-0.25, -0.2) is 4.79 Å². The van der Waals surface area contributed by atoms with Crippen molar-refractivity contribution in [2.45, 2.75) is 31.2 Å². The molecule has 0 heterocycles. The molecule has 0 atom stereocenters. The summed E-state index contributed by atoms with van der Waals surface area (Å²) in [7, 11) is 1.43. The van der Waals surface area contributed by atoms with Gasteiger partial charge in [-0.05, 0) is 18.9 Å². The van der Waals surface area contributed by atoms with Gasteiger partial charge in [-0.2, -0.15) is 10.3 Å². The lowest BCUT2D eigenvalue weighted by atomic mass is 9.87. The number of isocyanates is 1. The molecule has 5 heteroatoms. The van der Waals surface area contributed by atoms with E-state index in [1.807, 2.05) is 6.07 Å². The Morgan fingerprint density at radius 1 is 1.42 bits per heavy atom. The lowest BCUT2D eigenvalue weighted by Crippen LogP contribution is -2.19. The number of aliphatic imine (C=N–C) groups is 1. The van der Waals surface area contributed by atoms with Crippen molar-refractivity contribution in [2.24, 2.45) is 4.99 Å². The molecule has 0 unspecified atom stereocenters. The maximum atomic E-state index is 10.7. The number of methoxy groups -OCH3 is 1. The van der Waals surface area contributed by atoms with Gasteiger partial charge in [0.2, 0.25) is 6.08 Å². The fourth-order valence-corrected chi connectivity index (χ4v) is 2.69. The van der Waals surface area contributed by atoms with Crippen LogP contribution in [0.5, 0.6) is 11.5 Å². The largest absolute Gasteiger partial charge is 0.507 e. The Hall–Kier alpha value is -2.31. The number of rotatable bonds is 3. The van der Waals surface area contributed by atoms with Crippen LogP contribution < -0.4 is 4.74 Å². The second kappa shape index (κ2) is 5.13. The van der Waals surface area contributed by atoms with Crippen molar-refractivity contribution in [3.05, 3.63) is 23.3 Å². The van der Waals surface area contributed by atoms with Gasteiger partial charge in [0.25, 0.3) is 0 Å². The Kier molecular flexibility index (Phi) is 3.55. The number of benzene rings is 1. The predicted octanol–water partition coefficient (Wildman–Crippen LogP) is 2.38. The number of aromatic hydroxyl groups is 1. The zero-order valence-electron chi connectivity index (χ0n) is 10.6. The molecule has 19 heavy (non-hydrogen) atoms. The minimum atomic E-state index is -0.746. The van der Waals surface area contributed by atoms with Crippen LogP contribution in [0.3, 0.4) is 0 Å². The van der Waals surface area contributed by atoms with Crippen LogP contribution in [0.2, 0.25) is 0 Å². The molecule has 1 aromatic carbocycles. The van der Waals surface area contributed by atoms with Gasteiger partial charge >= 0.3 is 0 Å². The van der Waals surface area contributed by atoms with Gasteiger partial charge in [0, 0.05) is 11.6 Å². The molecule has 0 saturated heterocycles. The maximum absolute atomic E-state index is 10.7. The fourth-order valence-electron chi connectivity index (χ4n) is 2.69. The fraction of sp³-hybridized carbons (Fsp3) is 0.429. The number of hydrogen-bond donors (Lipinski definition) is 1. The highest BCUT2D eigenvalue weighted by molar-refractivity contribution is 5.54. The summed E-state index contributed by atoms with van der Waals surface area (Å²) in [6.07, 6.45) is 4.80. The molecule has 98 valence electrons. The van der Waals surface area contributed by atoms with E-state index in [-0.39, 0.29) is 5.75 Å². The zero-order valence-corrected chi connectivity index (χ0v) is 10.6. The molecule has 1 N–H and O–H groups in total. The summed E-state index contributed by atoms with van der Waals surface area (Å²) < 4.78 is 5.04. The quantitative estimate of drug-likeness (QED) is 0.666. The molecule has 0 spiro atoms. The Morgan fingerprint density at radius 2 is 2.11 bits per heavy atom. The number of phenols is 1. The minimum Gasteiger partial charge on any atom is -0.507 e. The summed E-state index contributed by atoms with van der Waals surface area (Å²) in [5.41, 5.74) is 0.0809. The molecule has 1 aliphatic carbocycles. The summed E-state index contributed by atoms with van der Waals surface area (Å²) in [5, 5.41) is 19.2. The van der Waals surface area contributed by atoms with E-state index < -0.39 is 5.54 Å². The van der Waals surface area contributed by atoms with E-state index in [4.69, 9.17) is 10.00 Å². The Labute approximate surface area is 111 Å². The molecule has 1 saturated carbocycles. The molecule has 0 aliphatic heterocycles. The van der Waals surface area contributed by atoms with Crippen LogP contribution in [-0.2, 0) is 10.3 Å². The number of nitriles is 1. The van der Waals surface area contributed by atoms with Gasteiger partial charge in [0.05, 0.1) is 12.7 Å². The van der Waals surface area contributed by atoms with Crippen molar-refractivity contribution in [3.63, 3.8) is 0 Å². The van der Waals surface area contributed by atoms with E-state index in [0.29, 0.717) is 29.7 Å². The van der Waals surface area contributed by atoms with Crippen LogP contribution in [0.25, 0.3) is 0 Å². The van der Waals surface area contributed by atoms with Crippen LogP contribution in [0, 0.1) is 11.3 Å². The van der Waals surface area contributed by atoms with Crippen LogP contribution in [-0.4, -0.2) is 18.3 Å². The van der Waals surface area contributed by atoms with Crippen LogP contribution in [0.15, 0.2) is 17.1 Å². The summed E-state index contributed by atoms with van der Waals surface area (Å²) >= 11 is 0. The summed E-state index contributed by atoms with van der Waals surface area (Å²) in [5.74, 6) is 0.309. The van der Waals surface area contributed by atoms with Gasteiger partial charge in [-0.15, -0.1) is 0 Å². The summed E-state index contributed by atoms with van der Waals surface area (Å²) in [6.45, 7) is 0. The molecular formula is C14H14N2O3. The average Bonchev–Trinajstić information content (AvgIpc) is 2.88. The first-order chi connectivity index (χ1) is 9.16. The second-order valence-electron chi connectivity index (χ2n) is 4.62. The zero-order chi connectivity index (χ0) is 13.9. The van der Waals surface area contributed by atoms with E-state index in [9.17, 15) is 9.90 Å². The molecule has 0 amide bonds. The van der Waals surface area contributed by atoms with Crippen molar-refractivity contribution in [2.75, 3.05) is 7.11 Å². The SMILES string of the molecule is COc1cc(O)c(C2(N=C=O)CCCC2)cc1C#N. The van der Waals surface area contributed by atoms with Gasteiger partial charge in [0.15, 0.2) is 0 Å². The third-order valence-electron chi connectivity index (χ3n) is 3.63. The maximum Gasteiger partial charge on any atom is 0.235 e. The minimum absolute atomic E-state index is 0.00301. The van der Waals surface area contributed by atoms with E-state index in [1.54, 1.807) is 12.1 Å². The summed E-state index contributed by atoms with van der Waals surface area (Å²) in [4.78, 5) is 14.6. The Morgan fingerprint density at radius 3 is 2.63 bits per heavy atom. The number of hydrogen-bond acceptors (Lipinski definition) is 5. The van der Waals surface area contributed by atoms with E-state index >= 15 is 0 Å². The topological polar surface area (TPSA) is 82.7 Å². The third-order valence-corrected chi connectivity index (χ3v) is 3.63. The van der Waals surface area contributed by atoms with Gasteiger partial charge in [0.1, 0.15) is 23.1 Å². The molecule has 5 nitrogen and oxygen atoms in total. The highest BCUT2D eigenvalue weighted by Gasteiger charge is 2.38. The van der Waals surface area contributed by atoms with Gasteiger partial charge < -0.3 is 9.84 Å². The van der Waals surface area contributed by atoms with Crippen LogP contribution in [0.1, 0.15) is 36.8 Å². The van der Waals surface area contributed by atoms with E-state index in [1.165, 1.54) is 13.2 Å². The molecule has 0 aromatic heterocycles. The summed E-state index contributed by atoms with van der Waals surface area (Å²) in [6, 6.07) is 4.97. The Bertz CT molecular complexity index is 577. The number of nitrogens with zero attached hydrogens (tertiary/aromatic N) is 2. The highest BCUT2D eigenvalue weighted by atomic mass is 16.5. The van der Waals surface area contributed by atoms with Crippen molar-refractivity contribution in [1.82, 2.24) is 0 Å². The Balaban J connectivity index is 2.61. The third kappa shape index (κ3) is 2.18. The van der Waals surface area contributed by atoms with Crippen molar-refractivity contribution < 1.29 is 14.6 Å².